The molecule has 0 atom stereocenters. The second-order valence-corrected chi connectivity index (χ2v) is 8.03. The molecule has 1 aromatic heterocycles. The summed E-state index contributed by atoms with van der Waals surface area (Å²) >= 11 is 0. The standard InChI is InChI=1S/C26H31N3O5/c1-3-4-15-29-23-11-6-5-10-21(23)28-22(26(29)32)12-13-25(31)34-18-24(30)27-14-16-33-20-9-7-8-19(2)17-20/h5-11,17H,3-4,12-16,18H2,1-2H3,(H,27,30). The van der Waals surface area contributed by atoms with Crippen LogP contribution in [0.25, 0.3) is 11.0 Å². The molecule has 1 heterocycles. The van der Waals surface area contributed by atoms with Crippen LogP contribution in [0.4, 0.5) is 0 Å². The second-order valence-electron chi connectivity index (χ2n) is 8.03. The van der Waals surface area contributed by atoms with Crippen molar-refractivity contribution in [2.75, 3.05) is 19.8 Å². The van der Waals surface area contributed by atoms with Gasteiger partial charge in [0.15, 0.2) is 6.61 Å². The van der Waals surface area contributed by atoms with Gasteiger partial charge in [-0.05, 0) is 43.2 Å². The highest BCUT2D eigenvalue weighted by Crippen LogP contribution is 2.13. The lowest BCUT2D eigenvalue weighted by molar-refractivity contribution is -0.148. The molecule has 0 spiro atoms. The fourth-order valence-corrected chi connectivity index (χ4v) is 3.50. The van der Waals surface area contributed by atoms with Crippen LogP contribution in [0, 0.1) is 6.92 Å². The molecule has 3 rings (SSSR count). The summed E-state index contributed by atoms with van der Waals surface area (Å²) < 4.78 is 12.3. The van der Waals surface area contributed by atoms with Crippen molar-refractivity contribution < 1.29 is 19.1 Å². The third kappa shape index (κ3) is 7.16. The van der Waals surface area contributed by atoms with Gasteiger partial charge in [0.05, 0.1) is 24.0 Å². The van der Waals surface area contributed by atoms with Crippen LogP contribution in [0.2, 0.25) is 0 Å². The summed E-state index contributed by atoms with van der Waals surface area (Å²) in [5.41, 5.74) is 2.73. The van der Waals surface area contributed by atoms with Crippen LogP contribution in [0.1, 0.15) is 37.4 Å². The highest BCUT2D eigenvalue weighted by molar-refractivity contribution is 5.80. The summed E-state index contributed by atoms with van der Waals surface area (Å²) in [5, 5.41) is 2.65. The Bertz CT molecular complexity index is 1190. The van der Waals surface area contributed by atoms with Crippen LogP contribution in [-0.2, 0) is 27.3 Å². The predicted octanol–water partition coefficient (Wildman–Crippen LogP) is 3.18. The van der Waals surface area contributed by atoms with Crippen molar-refractivity contribution in [3.63, 3.8) is 0 Å². The quantitative estimate of drug-likeness (QED) is 0.326. The smallest absolute Gasteiger partial charge is 0.306 e. The van der Waals surface area contributed by atoms with Crippen molar-refractivity contribution in [1.29, 1.82) is 0 Å². The first-order chi connectivity index (χ1) is 16.5. The van der Waals surface area contributed by atoms with E-state index in [1.807, 2.05) is 55.5 Å². The maximum atomic E-state index is 12.9. The van der Waals surface area contributed by atoms with Crippen molar-refractivity contribution in [3.8, 4) is 5.75 Å². The number of ether oxygens (including phenoxy) is 2. The molecule has 2 aromatic carbocycles. The van der Waals surface area contributed by atoms with E-state index in [0.717, 1.165) is 29.7 Å². The van der Waals surface area contributed by atoms with Crippen LogP contribution in [0.5, 0.6) is 5.75 Å². The summed E-state index contributed by atoms with van der Waals surface area (Å²) in [6.45, 7) is 4.86. The van der Waals surface area contributed by atoms with Gasteiger partial charge in [0.2, 0.25) is 0 Å². The predicted molar refractivity (Wildman–Crippen MR) is 130 cm³/mol. The number of benzene rings is 2. The van der Waals surface area contributed by atoms with E-state index < -0.39 is 11.9 Å². The number of hydrogen-bond acceptors (Lipinski definition) is 6. The molecule has 0 aliphatic heterocycles. The van der Waals surface area contributed by atoms with Gasteiger partial charge in [0.1, 0.15) is 18.1 Å². The largest absolute Gasteiger partial charge is 0.492 e. The molecule has 34 heavy (non-hydrogen) atoms. The number of carbonyl (C=O) groups excluding carboxylic acids is 2. The number of nitrogens with zero attached hydrogens (tertiary/aromatic N) is 2. The van der Waals surface area contributed by atoms with Gasteiger partial charge >= 0.3 is 5.97 Å². The monoisotopic (exact) mass is 465 g/mol. The molecule has 1 amide bonds. The number of aryl methyl sites for hydroxylation is 3. The Hall–Kier alpha value is -3.68. The molecule has 8 nitrogen and oxygen atoms in total. The molecule has 0 unspecified atom stereocenters. The number of unbranched alkanes of at least 4 members (excludes halogenated alkanes) is 1. The molecular weight excluding hydrogens is 434 g/mol. The Labute approximate surface area is 198 Å². The molecule has 180 valence electrons. The highest BCUT2D eigenvalue weighted by Gasteiger charge is 2.14. The highest BCUT2D eigenvalue weighted by atomic mass is 16.5. The average Bonchev–Trinajstić information content (AvgIpc) is 2.83. The van der Waals surface area contributed by atoms with Gasteiger partial charge in [-0.2, -0.15) is 0 Å². The zero-order valence-electron chi connectivity index (χ0n) is 19.7. The van der Waals surface area contributed by atoms with E-state index in [0.29, 0.717) is 30.9 Å². The van der Waals surface area contributed by atoms with Crippen LogP contribution < -0.4 is 15.6 Å². The Morgan fingerprint density at radius 1 is 1.12 bits per heavy atom. The van der Waals surface area contributed by atoms with E-state index in [1.165, 1.54) is 0 Å². The zero-order valence-corrected chi connectivity index (χ0v) is 19.7. The van der Waals surface area contributed by atoms with Gasteiger partial charge in [-0.15, -0.1) is 0 Å². The minimum atomic E-state index is -0.555. The first-order valence-electron chi connectivity index (χ1n) is 11.6. The fourth-order valence-electron chi connectivity index (χ4n) is 3.50. The maximum Gasteiger partial charge on any atom is 0.306 e. The number of hydrogen-bond donors (Lipinski definition) is 1. The number of para-hydroxylation sites is 2. The molecule has 0 fully saturated rings. The molecule has 0 radical (unpaired) electrons. The van der Waals surface area contributed by atoms with Crippen molar-refractivity contribution >= 4 is 22.9 Å². The van der Waals surface area contributed by atoms with E-state index >= 15 is 0 Å². The first kappa shape index (κ1) is 25.0. The van der Waals surface area contributed by atoms with Gasteiger partial charge in [-0.3, -0.25) is 14.4 Å². The van der Waals surface area contributed by atoms with E-state index in [4.69, 9.17) is 9.47 Å². The lowest BCUT2D eigenvalue weighted by Gasteiger charge is -2.12. The van der Waals surface area contributed by atoms with Gasteiger partial charge < -0.3 is 19.4 Å². The van der Waals surface area contributed by atoms with Gasteiger partial charge in [-0.25, -0.2) is 4.98 Å². The number of aromatic nitrogens is 2. The van der Waals surface area contributed by atoms with Gasteiger partial charge in [0, 0.05) is 13.0 Å². The molecule has 0 aliphatic rings. The summed E-state index contributed by atoms with van der Waals surface area (Å²) in [5.74, 6) is -0.232. The Morgan fingerprint density at radius 3 is 2.74 bits per heavy atom. The average molecular weight is 466 g/mol. The number of esters is 1. The number of rotatable bonds is 12. The van der Waals surface area contributed by atoms with E-state index in [2.05, 4.69) is 17.2 Å². The van der Waals surface area contributed by atoms with E-state index in [9.17, 15) is 14.4 Å². The molecule has 0 saturated carbocycles. The van der Waals surface area contributed by atoms with Gasteiger partial charge in [-0.1, -0.05) is 37.6 Å². The summed E-state index contributed by atoms with van der Waals surface area (Å²) in [6, 6.07) is 15.1. The molecule has 0 aliphatic carbocycles. The SMILES string of the molecule is CCCCn1c(=O)c(CCC(=O)OCC(=O)NCCOc2cccc(C)c2)nc2ccccc21. The van der Waals surface area contributed by atoms with Crippen molar-refractivity contribution in [3.05, 3.63) is 70.1 Å². The van der Waals surface area contributed by atoms with Crippen molar-refractivity contribution in [2.24, 2.45) is 0 Å². The fraction of sp³-hybridized carbons (Fsp3) is 0.385. The molecule has 0 saturated heterocycles. The van der Waals surface area contributed by atoms with Gasteiger partial charge in [0.25, 0.3) is 11.5 Å². The number of amides is 1. The second kappa shape index (κ2) is 12.5. The molecular formula is C26H31N3O5. The van der Waals surface area contributed by atoms with Crippen molar-refractivity contribution in [2.45, 2.75) is 46.1 Å². The lowest BCUT2D eigenvalue weighted by Crippen LogP contribution is -2.32. The number of nitrogens with one attached hydrogen (secondary N) is 1. The summed E-state index contributed by atoms with van der Waals surface area (Å²) in [4.78, 5) is 41.4. The minimum absolute atomic E-state index is 0.0297. The number of carbonyl (C=O) groups is 2. The lowest BCUT2D eigenvalue weighted by atomic mass is 10.2. The molecule has 1 N–H and O–H groups in total. The zero-order chi connectivity index (χ0) is 24.3. The normalized spacial score (nSPS) is 10.8. The first-order valence-corrected chi connectivity index (χ1v) is 11.6. The van der Waals surface area contributed by atoms with Crippen molar-refractivity contribution in [1.82, 2.24) is 14.9 Å². The van der Waals surface area contributed by atoms with Crippen LogP contribution in [0.3, 0.4) is 0 Å². The third-order valence-electron chi connectivity index (χ3n) is 5.27. The van der Waals surface area contributed by atoms with E-state index in [1.54, 1.807) is 4.57 Å². The molecule has 0 bridgehead atoms. The van der Waals surface area contributed by atoms with Crippen LogP contribution in [-0.4, -0.2) is 41.2 Å². The third-order valence-corrected chi connectivity index (χ3v) is 5.27. The molecule has 3 aromatic rings. The van der Waals surface area contributed by atoms with E-state index in [-0.39, 0.29) is 25.0 Å². The minimum Gasteiger partial charge on any atom is -0.492 e. The summed E-state index contributed by atoms with van der Waals surface area (Å²) in [7, 11) is 0. The Balaban J connectivity index is 1.45. The number of fused-ring (bicyclic) bond motifs is 1. The Morgan fingerprint density at radius 2 is 1.94 bits per heavy atom. The van der Waals surface area contributed by atoms with Crippen LogP contribution in [0.15, 0.2) is 53.3 Å². The van der Waals surface area contributed by atoms with Crippen LogP contribution >= 0.6 is 0 Å². The maximum absolute atomic E-state index is 12.9. The molecule has 8 heteroatoms. The Kier molecular flexibility index (Phi) is 9.20. The summed E-state index contributed by atoms with van der Waals surface area (Å²) in [6.07, 6.45) is 1.96. The topological polar surface area (TPSA) is 99.5 Å².